The first kappa shape index (κ1) is 72.4. The highest BCUT2D eigenvalue weighted by Crippen LogP contribution is 2.43. The Labute approximate surface area is 464 Å². The summed E-state index contributed by atoms with van der Waals surface area (Å²) in [6.07, 6.45) is 81.0. The van der Waals surface area contributed by atoms with Crippen molar-refractivity contribution in [2.75, 3.05) is 40.9 Å². The van der Waals surface area contributed by atoms with Crippen molar-refractivity contribution in [3.8, 4) is 0 Å². The molecule has 0 saturated carbocycles. The molecule has 3 unspecified atom stereocenters. The Morgan fingerprint density at radius 2 is 0.813 bits per heavy atom. The molecule has 8 nitrogen and oxygen atoms in total. The largest absolute Gasteiger partial charge is 0.472 e. The molecule has 0 aromatic heterocycles. The summed E-state index contributed by atoms with van der Waals surface area (Å²) in [4.78, 5) is 23.3. The second-order valence-electron chi connectivity index (χ2n) is 22.0. The van der Waals surface area contributed by atoms with Crippen LogP contribution >= 0.6 is 7.82 Å². The first-order valence-electron chi connectivity index (χ1n) is 31.1. The van der Waals surface area contributed by atoms with Gasteiger partial charge in [-0.3, -0.25) is 13.8 Å². The van der Waals surface area contributed by atoms with E-state index in [1.807, 2.05) is 27.2 Å². The number of quaternary nitrogens is 1. The van der Waals surface area contributed by atoms with Crippen molar-refractivity contribution in [3.05, 3.63) is 97.2 Å². The molecule has 3 N–H and O–H groups in total. The summed E-state index contributed by atoms with van der Waals surface area (Å²) in [7, 11) is 1.55. The Kier molecular flexibility index (Phi) is 54.2. The van der Waals surface area contributed by atoms with Crippen LogP contribution in [-0.2, 0) is 18.4 Å². The van der Waals surface area contributed by atoms with Crippen LogP contribution in [0.15, 0.2) is 97.2 Å². The average Bonchev–Trinajstić information content (AvgIpc) is 3.37. The molecular weight excluding hydrogens is 948 g/mol. The highest BCUT2D eigenvalue weighted by molar-refractivity contribution is 7.47. The van der Waals surface area contributed by atoms with Crippen LogP contribution in [0, 0.1) is 0 Å². The summed E-state index contributed by atoms with van der Waals surface area (Å²) in [5.41, 5.74) is 0. The third-order valence-electron chi connectivity index (χ3n) is 13.5. The number of nitrogens with zero attached hydrogens (tertiary/aromatic N) is 1. The molecule has 0 fully saturated rings. The van der Waals surface area contributed by atoms with Gasteiger partial charge in [0, 0.05) is 6.42 Å². The monoisotopic (exact) mass is 1070 g/mol. The summed E-state index contributed by atoms with van der Waals surface area (Å²) < 4.78 is 23.7. The Hall–Kier alpha value is -2.58. The topological polar surface area (TPSA) is 105 Å². The summed E-state index contributed by atoms with van der Waals surface area (Å²) in [5.74, 6) is -0.187. The fraction of sp³-hybridized carbons (Fsp3) is 0.742. The van der Waals surface area contributed by atoms with Crippen LogP contribution in [0.25, 0.3) is 0 Å². The molecule has 0 bridgehead atoms. The first-order chi connectivity index (χ1) is 36.5. The number of phosphoric ester groups is 1. The SMILES string of the molecule is CC/C=C\C/C=C\C/C=C\C/C=C\C/C=C\C/C=C\CCCCCCCCCCCCCCCCCCCCC(=O)NC(COP(=O)(O)OCC[N+](C)(C)C)C(O)/C=C/CC/C=C/CCCCCCCCCCCC. The van der Waals surface area contributed by atoms with E-state index in [0.29, 0.717) is 17.4 Å². The highest BCUT2D eigenvalue weighted by atomic mass is 31.2. The van der Waals surface area contributed by atoms with Crippen molar-refractivity contribution in [3.63, 3.8) is 0 Å². The standard InChI is InChI=1S/C66H119N2O6P/c1-6-8-10-12-14-16-18-20-22-24-25-26-27-28-29-30-31-32-33-34-35-36-37-38-39-40-41-42-43-44-46-48-50-52-54-56-58-60-66(70)67-64(63-74-75(71,72)73-62-61-68(3,4)5)65(69)59-57-55-53-51-49-47-45-23-21-19-17-15-13-11-9-7-2/h8,10,14,16,20,22,25-26,28-29,31-32,49,51,57,59,64-65,69H,6-7,9,11-13,15,17-19,21,23-24,27,30,33-48,50,52-56,58,60-63H2,1-5H3,(H-,67,70,71,72)/p+1/b10-8-,16-14-,22-20-,26-25-,29-28-,32-31-,51-49+,59-57+. The summed E-state index contributed by atoms with van der Waals surface area (Å²) in [6, 6.07) is -0.867. The van der Waals surface area contributed by atoms with Crippen LogP contribution in [0.3, 0.4) is 0 Å². The van der Waals surface area contributed by atoms with Crippen LogP contribution in [0.1, 0.15) is 264 Å². The van der Waals surface area contributed by atoms with Crippen molar-refractivity contribution in [1.29, 1.82) is 0 Å². The molecule has 434 valence electrons. The maximum atomic E-state index is 13.0. The Morgan fingerprint density at radius 1 is 0.467 bits per heavy atom. The van der Waals surface area contributed by atoms with E-state index in [9.17, 15) is 19.4 Å². The quantitative estimate of drug-likeness (QED) is 0.0243. The van der Waals surface area contributed by atoms with Gasteiger partial charge in [-0.05, 0) is 83.5 Å². The van der Waals surface area contributed by atoms with Gasteiger partial charge >= 0.3 is 7.82 Å². The van der Waals surface area contributed by atoms with Gasteiger partial charge in [0.15, 0.2) is 0 Å². The molecule has 0 aliphatic rings. The second kappa shape index (κ2) is 56.2. The van der Waals surface area contributed by atoms with E-state index < -0.39 is 20.0 Å². The lowest BCUT2D eigenvalue weighted by atomic mass is 10.0. The predicted octanol–water partition coefficient (Wildman–Crippen LogP) is 19.4. The fourth-order valence-electron chi connectivity index (χ4n) is 8.71. The molecule has 1 amide bonds. The normalized spacial score (nSPS) is 14.5. The van der Waals surface area contributed by atoms with Gasteiger partial charge in [0.2, 0.25) is 5.91 Å². The molecule has 75 heavy (non-hydrogen) atoms. The number of hydrogen-bond donors (Lipinski definition) is 3. The molecule has 0 radical (unpaired) electrons. The molecule has 0 aliphatic heterocycles. The minimum absolute atomic E-state index is 0.0541. The van der Waals surface area contributed by atoms with Gasteiger partial charge in [0.1, 0.15) is 13.2 Å². The number of unbranched alkanes of at least 4 members (excludes halogenated alkanes) is 29. The molecule has 0 aromatic rings. The second-order valence-corrected chi connectivity index (χ2v) is 23.5. The molecule has 3 atom stereocenters. The van der Waals surface area contributed by atoms with Crippen molar-refractivity contribution in [2.24, 2.45) is 0 Å². The number of carbonyl (C=O) groups is 1. The molecule has 0 rings (SSSR count). The number of aliphatic hydroxyl groups excluding tert-OH is 1. The molecule has 0 aromatic carbocycles. The predicted molar refractivity (Wildman–Crippen MR) is 327 cm³/mol. The number of allylic oxidation sites excluding steroid dienone is 15. The van der Waals surface area contributed by atoms with Gasteiger partial charge < -0.3 is 19.8 Å². The summed E-state index contributed by atoms with van der Waals surface area (Å²) in [5, 5.41) is 13.9. The summed E-state index contributed by atoms with van der Waals surface area (Å²) >= 11 is 0. The Balaban J connectivity index is 4.04. The lowest BCUT2D eigenvalue weighted by molar-refractivity contribution is -0.870. The third kappa shape index (κ3) is 58.9. The zero-order valence-electron chi connectivity index (χ0n) is 49.5. The molecule has 0 aliphatic carbocycles. The van der Waals surface area contributed by atoms with Gasteiger partial charge in [-0.15, -0.1) is 0 Å². The van der Waals surface area contributed by atoms with Crippen molar-refractivity contribution in [1.82, 2.24) is 5.32 Å². The molecule has 0 spiro atoms. The van der Waals surface area contributed by atoms with E-state index in [-0.39, 0.29) is 19.1 Å². The number of amides is 1. The smallest absolute Gasteiger partial charge is 0.387 e. The average molecular weight is 1070 g/mol. The molecule has 9 heteroatoms. The van der Waals surface area contributed by atoms with Crippen molar-refractivity contribution >= 4 is 13.7 Å². The molecular formula is C66H120N2O6P+. The van der Waals surface area contributed by atoms with Gasteiger partial charge in [-0.1, -0.05) is 272 Å². The third-order valence-corrected chi connectivity index (χ3v) is 14.5. The maximum absolute atomic E-state index is 13.0. The first-order valence-corrected chi connectivity index (χ1v) is 32.6. The van der Waals surface area contributed by atoms with Gasteiger partial charge in [-0.2, -0.15) is 0 Å². The van der Waals surface area contributed by atoms with Crippen molar-refractivity contribution < 1.29 is 32.9 Å². The van der Waals surface area contributed by atoms with E-state index in [1.165, 1.54) is 167 Å². The number of phosphoric acid groups is 1. The van der Waals surface area contributed by atoms with E-state index in [1.54, 1.807) is 6.08 Å². The van der Waals surface area contributed by atoms with Crippen LogP contribution < -0.4 is 5.32 Å². The van der Waals surface area contributed by atoms with Crippen LogP contribution in [0.5, 0.6) is 0 Å². The minimum Gasteiger partial charge on any atom is -0.387 e. The summed E-state index contributed by atoms with van der Waals surface area (Å²) in [6.45, 7) is 4.69. The number of carbonyl (C=O) groups excluding carboxylic acids is 1. The van der Waals surface area contributed by atoms with Crippen molar-refractivity contribution in [2.45, 2.75) is 276 Å². The lowest BCUT2D eigenvalue weighted by Crippen LogP contribution is -2.45. The van der Waals surface area contributed by atoms with Crippen LogP contribution in [-0.4, -0.2) is 73.4 Å². The van der Waals surface area contributed by atoms with Gasteiger partial charge in [0.25, 0.3) is 0 Å². The van der Waals surface area contributed by atoms with Gasteiger partial charge in [-0.25, -0.2) is 4.57 Å². The molecule has 0 heterocycles. The van der Waals surface area contributed by atoms with E-state index in [0.717, 1.165) is 77.0 Å². The highest BCUT2D eigenvalue weighted by Gasteiger charge is 2.27. The van der Waals surface area contributed by atoms with Crippen LogP contribution in [0.4, 0.5) is 0 Å². The van der Waals surface area contributed by atoms with Gasteiger partial charge in [0.05, 0.1) is 39.9 Å². The molecule has 0 saturated heterocycles. The minimum atomic E-state index is -4.36. The zero-order valence-corrected chi connectivity index (χ0v) is 50.4. The van der Waals surface area contributed by atoms with E-state index >= 15 is 0 Å². The Bertz CT molecular complexity index is 1540. The van der Waals surface area contributed by atoms with E-state index in [2.05, 4.69) is 104 Å². The Morgan fingerprint density at radius 3 is 1.23 bits per heavy atom. The zero-order chi connectivity index (χ0) is 54.9. The van der Waals surface area contributed by atoms with E-state index in [4.69, 9.17) is 9.05 Å². The lowest BCUT2D eigenvalue weighted by Gasteiger charge is -2.25. The van der Waals surface area contributed by atoms with Crippen LogP contribution in [0.2, 0.25) is 0 Å². The number of rotatable bonds is 56. The maximum Gasteiger partial charge on any atom is 0.472 e. The fourth-order valence-corrected chi connectivity index (χ4v) is 9.45. The number of nitrogens with one attached hydrogen (secondary N) is 1. The number of hydrogen-bond acceptors (Lipinski definition) is 5. The number of likely N-dealkylation sites (N-methyl/N-ethyl adjacent to an activating group) is 1. The number of aliphatic hydroxyl groups is 1.